The summed E-state index contributed by atoms with van der Waals surface area (Å²) in [6, 6.07) is 2.05. The lowest BCUT2D eigenvalue weighted by atomic mass is 10.4. The Labute approximate surface area is 62.1 Å². The van der Waals surface area contributed by atoms with Crippen molar-refractivity contribution in [1.29, 1.82) is 0 Å². The van der Waals surface area contributed by atoms with Crippen LogP contribution in [-0.4, -0.2) is 17.2 Å². The van der Waals surface area contributed by atoms with Gasteiger partial charge in [-0.1, -0.05) is 0 Å². The Hall–Kier alpha value is -1.03. The highest BCUT2D eigenvalue weighted by Crippen LogP contribution is 2.23. The van der Waals surface area contributed by atoms with Crippen molar-refractivity contribution >= 4 is 27.4 Å². The van der Waals surface area contributed by atoms with E-state index in [0.717, 1.165) is 10.6 Å². The van der Waals surface area contributed by atoms with Gasteiger partial charge in [-0.2, -0.15) is 5.10 Å². The number of nitrogens with zero attached hydrogens (tertiary/aromatic N) is 1. The van der Waals surface area contributed by atoms with E-state index in [1.807, 2.05) is 12.4 Å². The molecular weight excluding hydrogens is 146 g/mol. The van der Waals surface area contributed by atoms with Gasteiger partial charge in [0.1, 0.15) is 4.83 Å². The summed E-state index contributed by atoms with van der Waals surface area (Å²) in [5.41, 5.74) is 0. The van der Waals surface area contributed by atoms with Gasteiger partial charge in [0, 0.05) is 7.05 Å². The van der Waals surface area contributed by atoms with Crippen LogP contribution in [0.2, 0.25) is 0 Å². The third kappa shape index (κ3) is 0.623. The second-order valence-corrected chi connectivity index (χ2v) is 2.90. The smallest absolute Gasteiger partial charge is 0.156 e. The van der Waals surface area contributed by atoms with E-state index in [9.17, 15) is 0 Å². The minimum Gasteiger partial charge on any atom is -0.371 e. The van der Waals surface area contributed by atoms with Gasteiger partial charge < -0.3 is 5.32 Å². The van der Waals surface area contributed by atoms with Crippen molar-refractivity contribution < 1.29 is 0 Å². The van der Waals surface area contributed by atoms with Crippen molar-refractivity contribution in [2.24, 2.45) is 0 Å². The monoisotopic (exact) mass is 153 g/mol. The highest BCUT2D eigenvalue weighted by atomic mass is 32.1. The molecule has 0 unspecified atom stereocenters. The molecule has 2 aromatic rings. The summed E-state index contributed by atoms with van der Waals surface area (Å²) in [5.74, 6) is 0.927. The van der Waals surface area contributed by atoms with E-state index in [2.05, 4.69) is 21.6 Å². The molecule has 0 amide bonds. The zero-order valence-electron chi connectivity index (χ0n) is 5.51. The van der Waals surface area contributed by atoms with Gasteiger partial charge in [0.25, 0.3) is 0 Å². The van der Waals surface area contributed by atoms with Gasteiger partial charge in [-0.05, 0) is 11.4 Å². The first-order valence-corrected chi connectivity index (χ1v) is 3.89. The summed E-state index contributed by atoms with van der Waals surface area (Å²) in [6.45, 7) is 0. The normalized spacial score (nSPS) is 10.5. The molecule has 2 aromatic heterocycles. The summed E-state index contributed by atoms with van der Waals surface area (Å²) in [4.78, 5) is 1.13. The predicted octanol–water partition coefficient (Wildman–Crippen LogP) is 1.67. The summed E-state index contributed by atoms with van der Waals surface area (Å²) in [6.07, 6.45) is 0. The van der Waals surface area contributed by atoms with Gasteiger partial charge in [0.15, 0.2) is 5.82 Å². The second kappa shape index (κ2) is 1.98. The van der Waals surface area contributed by atoms with Crippen LogP contribution in [-0.2, 0) is 0 Å². The predicted molar refractivity (Wildman–Crippen MR) is 43.5 cm³/mol. The molecule has 0 saturated carbocycles. The molecule has 0 aliphatic heterocycles. The summed E-state index contributed by atoms with van der Waals surface area (Å²) >= 11 is 1.67. The van der Waals surface area contributed by atoms with Crippen LogP contribution in [0, 0.1) is 0 Å². The van der Waals surface area contributed by atoms with Gasteiger partial charge in [-0.3, -0.25) is 5.10 Å². The van der Waals surface area contributed by atoms with E-state index >= 15 is 0 Å². The van der Waals surface area contributed by atoms with Gasteiger partial charge in [-0.25, -0.2) is 0 Å². The van der Waals surface area contributed by atoms with E-state index in [-0.39, 0.29) is 0 Å². The number of thiophene rings is 1. The van der Waals surface area contributed by atoms with E-state index in [4.69, 9.17) is 0 Å². The van der Waals surface area contributed by atoms with Crippen LogP contribution >= 0.6 is 11.3 Å². The van der Waals surface area contributed by atoms with E-state index in [0.29, 0.717) is 0 Å². The number of hydrogen-bond donors (Lipinski definition) is 2. The Morgan fingerprint density at radius 2 is 2.60 bits per heavy atom. The van der Waals surface area contributed by atoms with Crippen LogP contribution in [0.4, 0.5) is 5.82 Å². The standard InChI is InChI=1S/C6H7N3S/c1-7-5-4-2-3-10-6(4)9-8-5/h2-3H,1H3,(H2,7,8,9). The highest BCUT2D eigenvalue weighted by Gasteiger charge is 2.02. The molecule has 0 spiro atoms. The molecule has 2 rings (SSSR count). The Morgan fingerprint density at radius 1 is 1.70 bits per heavy atom. The maximum Gasteiger partial charge on any atom is 0.156 e. The fraction of sp³-hybridized carbons (Fsp3) is 0.167. The Balaban J connectivity index is 2.76. The quantitative estimate of drug-likeness (QED) is 0.654. The van der Waals surface area contributed by atoms with Crippen molar-refractivity contribution in [2.45, 2.75) is 0 Å². The molecule has 0 saturated heterocycles. The summed E-state index contributed by atoms with van der Waals surface area (Å²) in [5, 5.41) is 13.2. The molecule has 0 aliphatic carbocycles. The lowest BCUT2D eigenvalue weighted by Crippen LogP contribution is -1.86. The first kappa shape index (κ1) is 5.73. The SMILES string of the molecule is CNc1n[nH]c2sccc12. The number of fused-ring (bicyclic) bond motifs is 1. The van der Waals surface area contributed by atoms with Crippen LogP contribution < -0.4 is 5.32 Å². The number of aromatic amines is 1. The van der Waals surface area contributed by atoms with Gasteiger partial charge in [0.2, 0.25) is 0 Å². The Kier molecular flexibility index (Phi) is 1.14. The number of aromatic nitrogens is 2. The van der Waals surface area contributed by atoms with Gasteiger partial charge in [0.05, 0.1) is 5.39 Å². The minimum absolute atomic E-state index is 0.927. The summed E-state index contributed by atoms with van der Waals surface area (Å²) in [7, 11) is 1.87. The highest BCUT2D eigenvalue weighted by molar-refractivity contribution is 7.16. The largest absolute Gasteiger partial charge is 0.371 e. The molecular formula is C6H7N3S. The van der Waals surface area contributed by atoms with Crippen molar-refractivity contribution in [1.82, 2.24) is 10.2 Å². The molecule has 10 heavy (non-hydrogen) atoms. The molecule has 2 heterocycles. The fourth-order valence-electron chi connectivity index (χ4n) is 0.940. The third-order valence-corrected chi connectivity index (χ3v) is 2.25. The molecule has 52 valence electrons. The molecule has 0 bridgehead atoms. The Bertz CT molecular complexity index is 335. The average molecular weight is 153 g/mol. The van der Waals surface area contributed by atoms with Crippen LogP contribution in [0.3, 0.4) is 0 Å². The van der Waals surface area contributed by atoms with Gasteiger partial charge >= 0.3 is 0 Å². The molecule has 0 radical (unpaired) electrons. The minimum atomic E-state index is 0.927. The second-order valence-electron chi connectivity index (χ2n) is 1.99. The van der Waals surface area contributed by atoms with Crippen molar-refractivity contribution in [3.63, 3.8) is 0 Å². The van der Waals surface area contributed by atoms with Crippen molar-refractivity contribution in [3.8, 4) is 0 Å². The first-order valence-electron chi connectivity index (χ1n) is 3.01. The van der Waals surface area contributed by atoms with Crippen LogP contribution in [0.5, 0.6) is 0 Å². The lowest BCUT2D eigenvalue weighted by molar-refractivity contribution is 1.12. The van der Waals surface area contributed by atoms with Gasteiger partial charge in [-0.15, -0.1) is 11.3 Å². The number of nitrogens with one attached hydrogen (secondary N) is 2. The first-order chi connectivity index (χ1) is 4.92. The molecule has 0 aliphatic rings. The fourth-order valence-corrected chi connectivity index (χ4v) is 1.67. The Morgan fingerprint density at radius 3 is 3.40 bits per heavy atom. The number of anilines is 1. The topological polar surface area (TPSA) is 40.7 Å². The molecule has 0 atom stereocenters. The van der Waals surface area contributed by atoms with E-state index < -0.39 is 0 Å². The molecule has 4 heteroatoms. The molecule has 0 fully saturated rings. The number of rotatable bonds is 1. The summed E-state index contributed by atoms with van der Waals surface area (Å²) < 4.78 is 0. The van der Waals surface area contributed by atoms with Crippen molar-refractivity contribution in [2.75, 3.05) is 12.4 Å². The van der Waals surface area contributed by atoms with Crippen LogP contribution in [0.25, 0.3) is 10.2 Å². The number of H-pyrrole nitrogens is 1. The molecule has 2 N–H and O–H groups in total. The molecule has 0 aromatic carbocycles. The van der Waals surface area contributed by atoms with Crippen LogP contribution in [0.15, 0.2) is 11.4 Å². The van der Waals surface area contributed by atoms with Crippen molar-refractivity contribution in [3.05, 3.63) is 11.4 Å². The maximum atomic E-state index is 4.05. The zero-order valence-corrected chi connectivity index (χ0v) is 6.33. The van der Waals surface area contributed by atoms with E-state index in [1.165, 1.54) is 5.39 Å². The van der Waals surface area contributed by atoms with Crippen LogP contribution in [0.1, 0.15) is 0 Å². The molecule has 3 nitrogen and oxygen atoms in total. The maximum absolute atomic E-state index is 4.05. The lowest BCUT2D eigenvalue weighted by Gasteiger charge is -1.87. The zero-order chi connectivity index (χ0) is 6.97. The van der Waals surface area contributed by atoms with E-state index in [1.54, 1.807) is 11.3 Å². The third-order valence-electron chi connectivity index (χ3n) is 1.43. The number of hydrogen-bond acceptors (Lipinski definition) is 3. The average Bonchev–Trinajstić information content (AvgIpc) is 2.44.